The van der Waals surface area contributed by atoms with Crippen LogP contribution in [0.1, 0.15) is 29.5 Å². The van der Waals surface area contributed by atoms with Gasteiger partial charge >= 0.3 is 0 Å². The summed E-state index contributed by atoms with van der Waals surface area (Å²) in [7, 11) is 0. The average molecular weight is 265 g/mol. The van der Waals surface area contributed by atoms with Crippen LogP contribution < -0.4 is 0 Å². The smallest absolute Gasteiger partial charge is 0.185 e. The Kier molecular flexibility index (Phi) is 1.92. The van der Waals surface area contributed by atoms with Crippen LogP contribution in [0, 0.1) is 0 Å². The van der Waals surface area contributed by atoms with Crippen LogP contribution in [-0.4, -0.2) is 15.8 Å². The zero-order valence-corrected chi connectivity index (χ0v) is 9.57. The summed E-state index contributed by atoms with van der Waals surface area (Å²) in [6, 6.07) is 6.42. The first-order valence-corrected chi connectivity index (χ1v) is 5.71. The van der Waals surface area contributed by atoms with Gasteiger partial charge in [-0.15, -0.1) is 0 Å². The molecule has 76 valence electrons. The van der Waals surface area contributed by atoms with Gasteiger partial charge in [-0.25, -0.2) is 4.98 Å². The lowest BCUT2D eigenvalue weighted by atomic mass is 10.3. The number of aldehydes is 1. The van der Waals surface area contributed by atoms with Crippen molar-refractivity contribution < 1.29 is 4.79 Å². The monoisotopic (exact) mass is 264 g/mol. The maximum Gasteiger partial charge on any atom is 0.185 e. The van der Waals surface area contributed by atoms with Crippen LogP contribution in [-0.2, 0) is 0 Å². The van der Waals surface area contributed by atoms with Crippen LogP contribution in [0.25, 0.3) is 11.0 Å². The molecule has 0 aliphatic heterocycles. The Morgan fingerprint density at radius 3 is 2.93 bits per heavy atom. The standard InChI is InChI=1S/C11H9BrN2O/c12-7-1-4-10-9(5-7)13-11(6-15)14(10)8-2-3-8/h1,4-6,8H,2-3H2. The number of benzene rings is 1. The fourth-order valence-corrected chi connectivity index (χ4v) is 2.24. The van der Waals surface area contributed by atoms with Gasteiger partial charge in [-0.2, -0.15) is 0 Å². The topological polar surface area (TPSA) is 34.9 Å². The number of nitrogens with zero attached hydrogens (tertiary/aromatic N) is 2. The van der Waals surface area contributed by atoms with Crippen molar-refractivity contribution >= 4 is 33.2 Å². The highest BCUT2D eigenvalue weighted by atomic mass is 79.9. The molecule has 0 spiro atoms. The minimum absolute atomic E-state index is 0.483. The zero-order chi connectivity index (χ0) is 10.4. The van der Waals surface area contributed by atoms with E-state index >= 15 is 0 Å². The second-order valence-electron chi connectivity index (χ2n) is 3.82. The van der Waals surface area contributed by atoms with Crippen LogP contribution in [0.3, 0.4) is 0 Å². The molecule has 2 aromatic rings. The first kappa shape index (κ1) is 9.09. The van der Waals surface area contributed by atoms with Gasteiger partial charge in [-0.3, -0.25) is 4.79 Å². The summed E-state index contributed by atoms with van der Waals surface area (Å²) in [5.74, 6) is 0.547. The molecule has 1 aromatic heterocycles. The summed E-state index contributed by atoms with van der Waals surface area (Å²) < 4.78 is 3.04. The fourth-order valence-electron chi connectivity index (χ4n) is 1.89. The Bertz CT molecular complexity index is 543. The average Bonchev–Trinajstić information content (AvgIpc) is 2.99. The number of imidazole rings is 1. The molecule has 0 bridgehead atoms. The van der Waals surface area contributed by atoms with Crippen LogP contribution in [0.4, 0.5) is 0 Å². The maximum atomic E-state index is 10.9. The molecule has 1 aliphatic carbocycles. The summed E-state index contributed by atoms with van der Waals surface area (Å²) in [5.41, 5.74) is 1.95. The molecule has 1 fully saturated rings. The van der Waals surface area contributed by atoms with Crippen molar-refractivity contribution in [2.75, 3.05) is 0 Å². The van der Waals surface area contributed by atoms with Crippen molar-refractivity contribution in [1.82, 2.24) is 9.55 Å². The van der Waals surface area contributed by atoms with E-state index in [0.29, 0.717) is 11.9 Å². The number of hydrogen-bond acceptors (Lipinski definition) is 2. The van der Waals surface area contributed by atoms with Gasteiger partial charge in [0.1, 0.15) is 0 Å². The fraction of sp³-hybridized carbons (Fsp3) is 0.273. The minimum atomic E-state index is 0.483. The van der Waals surface area contributed by atoms with Crippen LogP contribution >= 0.6 is 15.9 Å². The highest BCUT2D eigenvalue weighted by Gasteiger charge is 2.27. The maximum absolute atomic E-state index is 10.9. The quantitative estimate of drug-likeness (QED) is 0.782. The van der Waals surface area contributed by atoms with E-state index in [1.165, 1.54) is 0 Å². The van der Waals surface area contributed by atoms with Crippen molar-refractivity contribution in [2.45, 2.75) is 18.9 Å². The van der Waals surface area contributed by atoms with Gasteiger partial charge < -0.3 is 4.57 Å². The van der Waals surface area contributed by atoms with Crippen molar-refractivity contribution in [3.05, 3.63) is 28.5 Å². The molecule has 0 unspecified atom stereocenters. The number of carbonyl (C=O) groups excluding carboxylic acids is 1. The number of aromatic nitrogens is 2. The largest absolute Gasteiger partial charge is 0.319 e. The predicted molar refractivity (Wildman–Crippen MR) is 61.1 cm³/mol. The molecule has 1 saturated carbocycles. The molecular weight excluding hydrogens is 256 g/mol. The van der Waals surface area contributed by atoms with Crippen molar-refractivity contribution in [2.24, 2.45) is 0 Å². The van der Waals surface area contributed by atoms with Gasteiger partial charge in [0, 0.05) is 10.5 Å². The number of halogens is 1. The molecular formula is C11H9BrN2O. The summed E-state index contributed by atoms with van der Waals surface area (Å²) in [4.78, 5) is 15.2. The van der Waals surface area contributed by atoms with Gasteiger partial charge in [-0.05, 0) is 31.0 Å². The molecule has 4 heteroatoms. The third kappa shape index (κ3) is 1.40. The lowest BCUT2D eigenvalue weighted by Crippen LogP contribution is -1.99. The summed E-state index contributed by atoms with van der Waals surface area (Å²) in [6.07, 6.45) is 3.15. The molecule has 0 radical (unpaired) electrons. The first-order chi connectivity index (χ1) is 7.29. The van der Waals surface area contributed by atoms with Crippen LogP contribution in [0.2, 0.25) is 0 Å². The minimum Gasteiger partial charge on any atom is -0.319 e. The van der Waals surface area contributed by atoms with E-state index in [2.05, 4.69) is 25.5 Å². The van der Waals surface area contributed by atoms with Gasteiger partial charge in [0.05, 0.1) is 11.0 Å². The summed E-state index contributed by atoms with van der Waals surface area (Å²) in [6.45, 7) is 0. The van der Waals surface area contributed by atoms with Crippen LogP contribution in [0.15, 0.2) is 22.7 Å². The van der Waals surface area contributed by atoms with Gasteiger partial charge in [0.2, 0.25) is 0 Å². The molecule has 0 N–H and O–H groups in total. The Labute approximate surface area is 95.2 Å². The first-order valence-electron chi connectivity index (χ1n) is 4.92. The molecule has 3 nitrogen and oxygen atoms in total. The number of fused-ring (bicyclic) bond motifs is 1. The van der Waals surface area contributed by atoms with Gasteiger partial charge in [0.25, 0.3) is 0 Å². The summed E-state index contributed by atoms with van der Waals surface area (Å²) >= 11 is 3.40. The second kappa shape index (κ2) is 3.17. The number of carbonyl (C=O) groups is 1. The molecule has 0 saturated heterocycles. The lowest BCUT2D eigenvalue weighted by Gasteiger charge is -2.02. The zero-order valence-electron chi connectivity index (χ0n) is 7.98. The summed E-state index contributed by atoms with van der Waals surface area (Å²) in [5, 5.41) is 0. The Morgan fingerprint density at radius 2 is 2.27 bits per heavy atom. The molecule has 15 heavy (non-hydrogen) atoms. The second-order valence-corrected chi connectivity index (χ2v) is 4.74. The van der Waals surface area contributed by atoms with E-state index in [1.807, 2.05) is 18.2 Å². The van der Waals surface area contributed by atoms with E-state index in [-0.39, 0.29) is 0 Å². The Balaban J connectivity index is 2.33. The molecule has 0 atom stereocenters. The van der Waals surface area contributed by atoms with Gasteiger partial charge in [-0.1, -0.05) is 15.9 Å². The van der Waals surface area contributed by atoms with E-state index < -0.39 is 0 Å². The van der Waals surface area contributed by atoms with Gasteiger partial charge in [0.15, 0.2) is 12.1 Å². The van der Waals surface area contributed by atoms with Crippen molar-refractivity contribution in [3.63, 3.8) is 0 Å². The highest BCUT2D eigenvalue weighted by molar-refractivity contribution is 9.10. The van der Waals surface area contributed by atoms with E-state index in [9.17, 15) is 4.79 Å². The molecule has 1 aromatic carbocycles. The Hall–Kier alpha value is -1.16. The van der Waals surface area contributed by atoms with E-state index in [4.69, 9.17) is 0 Å². The predicted octanol–water partition coefficient (Wildman–Crippen LogP) is 2.95. The van der Waals surface area contributed by atoms with E-state index in [0.717, 1.165) is 34.6 Å². The molecule has 0 amide bonds. The molecule has 3 rings (SSSR count). The van der Waals surface area contributed by atoms with Crippen molar-refractivity contribution in [3.8, 4) is 0 Å². The Morgan fingerprint density at radius 1 is 1.47 bits per heavy atom. The number of rotatable bonds is 2. The third-order valence-corrected chi connectivity index (χ3v) is 3.19. The SMILES string of the molecule is O=Cc1nc2cc(Br)ccc2n1C1CC1. The van der Waals surface area contributed by atoms with E-state index in [1.54, 1.807) is 0 Å². The third-order valence-electron chi connectivity index (χ3n) is 2.70. The van der Waals surface area contributed by atoms with Crippen LogP contribution in [0.5, 0.6) is 0 Å². The highest BCUT2D eigenvalue weighted by Crippen LogP contribution is 2.38. The lowest BCUT2D eigenvalue weighted by molar-refractivity contribution is 0.111. The van der Waals surface area contributed by atoms with Crippen molar-refractivity contribution in [1.29, 1.82) is 0 Å². The molecule has 1 aliphatic rings. The molecule has 1 heterocycles. The normalized spacial score (nSPS) is 15.8. The number of hydrogen-bond donors (Lipinski definition) is 0.